The summed E-state index contributed by atoms with van der Waals surface area (Å²) in [5, 5.41) is 10.6. The number of nitrogens with one attached hydrogen (secondary N) is 1. The van der Waals surface area contributed by atoms with E-state index in [-0.39, 0.29) is 4.90 Å². The van der Waals surface area contributed by atoms with Gasteiger partial charge in [0.1, 0.15) is 5.75 Å². The van der Waals surface area contributed by atoms with Gasteiger partial charge in [-0.25, -0.2) is 13.1 Å². The minimum Gasteiger partial charge on any atom is -0.424 e. The summed E-state index contributed by atoms with van der Waals surface area (Å²) in [6.07, 6.45) is 0. The number of piperazine rings is 1. The van der Waals surface area contributed by atoms with Gasteiger partial charge < -0.3 is 14.5 Å². The largest absolute Gasteiger partial charge is 0.424 e. The predicted molar refractivity (Wildman–Crippen MR) is 155 cm³/mol. The molecule has 1 aliphatic rings. The van der Waals surface area contributed by atoms with Crippen molar-refractivity contribution in [2.24, 2.45) is 0 Å². The molecule has 3 aromatic carbocycles. The minimum atomic E-state index is -3.91. The summed E-state index contributed by atoms with van der Waals surface area (Å²) in [7, 11) is -1.78. The van der Waals surface area contributed by atoms with Crippen LogP contribution in [-0.4, -0.2) is 61.3 Å². The number of ether oxygens (including phenoxy) is 1. The first-order valence-corrected chi connectivity index (χ1v) is 14.9. The van der Waals surface area contributed by atoms with Crippen LogP contribution < -0.4 is 14.4 Å². The van der Waals surface area contributed by atoms with E-state index in [0.717, 1.165) is 31.9 Å². The van der Waals surface area contributed by atoms with Crippen LogP contribution in [0.15, 0.2) is 59.5 Å². The second kappa shape index (κ2) is 11.3. The maximum Gasteiger partial charge on any atom is 0.322 e. The number of rotatable bonds is 8. The number of sulfonamides is 1. The van der Waals surface area contributed by atoms with Crippen LogP contribution in [0.3, 0.4) is 0 Å². The lowest BCUT2D eigenvalue weighted by Crippen LogP contribution is -2.44. The van der Waals surface area contributed by atoms with Gasteiger partial charge in [0.15, 0.2) is 5.82 Å². The van der Waals surface area contributed by atoms with Crippen LogP contribution in [-0.2, 0) is 16.6 Å². The molecule has 1 aliphatic heterocycles. The van der Waals surface area contributed by atoms with Crippen molar-refractivity contribution in [2.45, 2.75) is 31.3 Å². The van der Waals surface area contributed by atoms with Crippen molar-refractivity contribution in [2.75, 3.05) is 38.1 Å². The Hall–Kier alpha value is -2.89. The zero-order valence-corrected chi connectivity index (χ0v) is 24.3. The molecule has 1 fully saturated rings. The van der Waals surface area contributed by atoms with Gasteiger partial charge in [-0.3, -0.25) is 4.57 Å². The first-order chi connectivity index (χ1) is 18.7. The maximum atomic E-state index is 13.3. The predicted octanol–water partition coefficient (Wildman–Crippen LogP) is 5.34. The fourth-order valence-electron chi connectivity index (χ4n) is 4.68. The fourth-order valence-corrected chi connectivity index (χ4v) is 6.36. The van der Waals surface area contributed by atoms with Crippen LogP contribution in [0, 0.1) is 0 Å². The van der Waals surface area contributed by atoms with Crippen LogP contribution in [0.4, 0.5) is 5.69 Å². The molecule has 0 saturated carbocycles. The molecule has 4 aromatic rings. The zero-order valence-electron chi connectivity index (χ0n) is 21.9. The number of aromatic nitrogens is 3. The molecule has 1 atom stereocenters. The summed E-state index contributed by atoms with van der Waals surface area (Å²) in [5.74, 6) is 1.08. The molecule has 1 saturated heterocycles. The molecule has 2 heterocycles. The van der Waals surface area contributed by atoms with E-state index in [1.54, 1.807) is 29.7 Å². The number of halogens is 2. The van der Waals surface area contributed by atoms with Crippen molar-refractivity contribution in [1.82, 2.24) is 24.4 Å². The second-order valence-corrected chi connectivity index (χ2v) is 12.1. The van der Waals surface area contributed by atoms with Crippen molar-refractivity contribution in [3.63, 3.8) is 0 Å². The Morgan fingerprint density at radius 3 is 2.41 bits per heavy atom. The number of anilines is 1. The topological polar surface area (TPSA) is 92.6 Å². The van der Waals surface area contributed by atoms with Gasteiger partial charge >= 0.3 is 6.01 Å². The summed E-state index contributed by atoms with van der Waals surface area (Å²) in [5.41, 5.74) is 1.08. The zero-order chi connectivity index (χ0) is 27.7. The summed E-state index contributed by atoms with van der Waals surface area (Å²) in [6, 6.07) is 15.5. The lowest BCUT2D eigenvalue weighted by molar-refractivity contribution is 0.312. The van der Waals surface area contributed by atoms with Gasteiger partial charge in [0, 0.05) is 65.3 Å². The van der Waals surface area contributed by atoms with Gasteiger partial charge in [0.05, 0.1) is 10.9 Å². The van der Waals surface area contributed by atoms with Gasteiger partial charge in [0.2, 0.25) is 10.0 Å². The quantitative estimate of drug-likeness (QED) is 0.297. The minimum absolute atomic E-state index is 0.0748. The number of benzene rings is 3. The van der Waals surface area contributed by atoms with Crippen molar-refractivity contribution in [3.8, 4) is 11.8 Å². The van der Waals surface area contributed by atoms with Crippen LogP contribution in [0.2, 0.25) is 10.0 Å². The highest BCUT2D eigenvalue weighted by atomic mass is 35.5. The molecule has 206 valence electrons. The van der Waals surface area contributed by atoms with Crippen LogP contribution in [0.5, 0.6) is 11.8 Å². The molecule has 1 aromatic heterocycles. The Kier molecular flexibility index (Phi) is 8.02. The lowest BCUT2D eigenvalue weighted by Gasteiger charge is -2.34. The van der Waals surface area contributed by atoms with E-state index in [2.05, 4.69) is 37.8 Å². The number of hydrogen-bond donors (Lipinski definition) is 1. The van der Waals surface area contributed by atoms with Crippen LogP contribution >= 0.6 is 23.2 Å². The third-order valence-electron chi connectivity index (χ3n) is 6.87. The maximum absolute atomic E-state index is 13.3. The van der Waals surface area contributed by atoms with Crippen molar-refractivity contribution >= 4 is 49.7 Å². The van der Waals surface area contributed by atoms with Gasteiger partial charge in [-0.2, -0.15) is 0 Å². The van der Waals surface area contributed by atoms with E-state index in [4.69, 9.17) is 27.9 Å². The van der Waals surface area contributed by atoms with E-state index in [1.807, 2.05) is 25.1 Å². The molecule has 0 radical (unpaired) electrons. The molecule has 0 bridgehead atoms. The molecule has 0 aliphatic carbocycles. The van der Waals surface area contributed by atoms with Gasteiger partial charge in [-0.1, -0.05) is 40.4 Å². The highest BCUT2D eigenvalue weighted by Crippen LogP contribution is 2.32. The van der Waals surface area contributed by atoms with E-state index in [0.29, 0.717) is 44.9 Å². The highest BCUT2D eigenvalue weighted by Gasteiger charge is 2.25. The normalized spacial score (nSPS) is 15.6. The molecule has 9 nitrogen and oxygen atoms in total. The number of hydrogen-bond acceptors (Lipinski definition) is 7. The Morgan fingerprint density at radius 1 is 0.974 bits per heavy atom. The molecule has 39 heavy (non-hydrogen) atoms. The van der Waals surface area contributed by atoms with Crippen LogP contribution in [0.25, 0.3) is 10.8 Å². The first-order valence-electron chi connectivity index (χ1n) is 12.7. The molecule has 1 N–H and O–H groups in total. The van der Waals surface area contributed by atoms with Gasteiger partial charge in [-0.05, 0) is 57.3 Å². The first kappa shape index (κ1) is 27.7. The Morgan fingerprint density at radius 2 is 1.69 bits per heavy atom. The van der Waals surface area contributed by atoms with Gasteiger partial charge in [0.25, 0.3) is 0 Å². The van der Waals surface area contributed by atoms with Gasteiger partial charge in [-0.15, -0.1) is 5.10 Å². The van der Waals surface area contributed by atoms with E-state index in [9.17, 15) is 8.42 Å². The standard InChI is InChI=1S/C27H30Cl2N6O3S/c1-4-35-26(18(2)32-39(36,37)21-8-9-22-23(17-21)25(29)11-10-24(22)28)30-31-27(35)38-20-7-5-6-19(16-20)34-14-12-33(3)13-15-34/h5-11,16-18,32H,4,12-15H2,1-3H3/t18-/m1/s1. The third-order valence-corrected chi connectivity index (χ3v) is 9.07. The summed E-state index contributed by atoms with van der Waals surface area (Å²) >= 11 is 12.6. The average Bonchev–Trinajstić information content (AvgIpc) is 3.33. The Balaban J connectivity index is 1.35. The van der Waals surface area contributed by atoms with Crippen molar-refractivity contribution in [1.29, 1.82) is 0 Å². The summed E-state index contributed by atoms with van der Waals surface area (Å²) in [4.78, 5) is 4.71. The lowest BCUT2D eigenvalue weighted by atomic mass is 10.1. The molecule has 0 amide bonds. The summed E-state index contributed by atoms with van der Waals surface area (Å²) < 4.78 is 37.1. The smallest absolute Gasteiger partial charge is 0.322 e. The van der Waals surface area contributed by atoms with E-state index < -0.39 is 16.1 Å². The van der Waals surface area contributed by atoms with E-state index in [1.165, 1.54) is 12.1 Å². The van der Waals surface area contributed by atoms with Crippen LogP contribution in [0.1, 0.15) is 25.7 Å². The fraction of sp³-hybridized carbons (Fsp3) is 0.333. The SMILES string of the molecule is CCn1c(Oc2cccc(N3CCN(C)CC3)c2)nnc1[C@@H](C)NS(=O)(=O)c1ccc2c(Cl)ccc(Cl)c2c1. The molecular formula is C27H30Cl2N6O3S. The molecule has 12 heteroatoms. The Bertz CT molecular complexity index is 1600. The summed E-state index contributed by atoms with van der Waals surface area (Å²) in [6.45, 7) is 8.05. The number of nitrogens with zero attached hydrogens (tertiary/aromatic N) is 5. The van der Waals surface area contributed by atoms with Crippen molar-refractivity contribution < 1.29 is 13.2 Å². The Labute approximate surface area is 238 Å². The molecule has 0 unspecified atom stereocenters. The molecule has 0 spiro atoms. The monoisotopic (exact) mass is 588 g/mol. The average molecular weight is 590 g/mol. The third kappa shape index (κ3) is 5.85. The highest BCUT2D eigenvalue weighted by molar-refractivity contribution is 7.89. The second-order valence-electron chi connectivity index (χ2n) is 9.55. The number of likely N-dealkylation sites (N-methyl/N-ethyl adjacent to an activating group) is 1. The van der Waals surface area contributed by atoms with E-state index >= 15 is 0 Å². The molecule has 5 rings (SSSR count). The molecular weight excluding hydrogens is 559 g/mol. The number of fused-ring (bicyclic) bond motifs is 1. The van der Waals surface area contributed by atoms with Crippen molar-refractivity contribution in [3.05, 3.63) is 70.5 Å².